The predicted molar refractivity (Wildman–Crippen MR) is 92.2 cm³/mol. The molecule has 0 unspecified atom stereocenters. The first-order valence-corrected chi connectivity index (χ1v) is 7.99. The van der Waals surface area contributed by atoms with E-state index in [4.69, 9.17) is 4.74 Å². The van der Waals surface area contributed by atoms with Crippen LogP contribution in [0, 0.1) is 0 Å². The number of hydrogen-bond donors (Lipinski definition) is 2. The summed E-state index contributed by atoms with van der Waals surface area (Å²) in [6.07, 6.45) is 2.12. The molecule has 0 radical (unpaired) electrons. The summed E-state index contributed by atoms with van der Waals surface area (Å²) in [6, 6.07) is 13.0. The molecule has 0 saturated heterocycles. The molecule has 2 aromatic carbocycles. The van der Waals surface area contributed by atoms with E-state index in [0.29, 0.717) is 18.5 Å². The van der Waals surface area contributed by atoms with E-state index < -0.39 is 0 Å². The van der Waals surface area contributed by atoms with Gasteiger partial charge in [0, 0.05) is 24.2 Å². The van der Waals surface area contributed by atoms with Crippen LogP contribution in [0.5, 0.6) is 5.75 Å². The van der Waals surface area contributed by atoms with E-state index in [1.807, 2.05) is 30.3 Å². The van der Waals surface area contributed by atoms with Gasteiger partial charge in [0.25, 0.3) is 5.91 Å². The second-order valence-corrected chi connectivity index (χ2v) is 5.80. The highest BCUT2D eigenvalue weighted by Crippen LogP contribution is 2.23. The van der Waals surface area contributed by atoms with Crippen LogP contribution in [-0.4, -0.2) is 18.9 Å². The Labute approximate surface area is 141 Å². The summed E-state index contributed by atoms with van der Waals surface area (Å²) in [4.78, 5) is 23.9. The minimum Gasteiger partial charge on any atom is -0.497 e. The topological polar surface area (TPSA) is 67.4 Å². The lowest BCUT2D eigenvalue weighted by Gasteiger charge is -2.10. The third-order valence-electron chi connectivity index (χ3n) is 4.10. The van der Waals surface area contributed by atoms with Crippen molar-refractivity contribution in [3.63, 3.8) is 0 Å². The molecule has 5 heteroatoms. The van der Waals surface area contributed by atoms with Gasteiger partial charge in [-0.15, -0.1) is 0 Å². The van der Waals surface area contributed by atoms with Crippen LogP contribution in [0.4, 0.5) is 5.69 Å². The Morgan fingerprint density at radius 2 is 1.96 bits per heavy atom. The molecule has 3 rings (SSSR count). The first kappa shape index (κ1) is 16.1. The summed E-state index contributed by atoms with van der Waals surface area (Å²) in [7, 11) is 1.62. The standard InChI is InChI=1S/C19H20N2O3/c1-24-16-8-5-13(6-9-16)12-20-19(23)15-7-10-17-14(11-15)3-2-4-18(22)21-17/h5-11H,2-4,12H2,1H3,(H,20,23)(H,21,22). The average Bonchev–Trinajstić information content (AvgIpc) is 2.80. The number of aryl methyl sites for hydroxylation is 1. The average molecular weight is 324 g/mol. The van der Waals surface area contributed by atoms with Crippen LogP contribution in [0.15, 0.2) is 42.5 Å². The predicted octanol–water partition coefficient (Wildman–Crippen LogP) is 2.90. The fraction of sp³-hybridized carbons (Fsp3) is 0.263. The van der Waals surface area contributed by atoms with Gasteiger partial charge in [0.1, 0.15) is 5.75 Å². The Balaban J connectivity index is 1.66. The smallest absolute Gasteiger partial charge is 0.251 e. The van der Waals surface area contributed by atoms with Gasteiger partial charge in [0.05, 0.1) is 7.11 Å². The van der Waals surface area contributed by atoms with E-state index in [2.05, 4.69) is 10.6 Å². The number of fused-ring (bicyclic) bond motifs is 1. The number of carbonyl (C=O) groups excluding carboxylic acids is 2. The van der Waals surface area contributed by atoms with Gasteiger partial charge in [0.2, 0.25) is 5.91 Å². The lowest BCUT2D eigenvalue weighted by molar-refractivity contribution is -0.116. The van der Waals surface area contributed by atoms with Crippen molar-refractivity contribution >= 4 is 17.5 Å². The SMILES string of the molecule is COc1ccc(CNC(=O)c2ccc3c(c2)CCCC(=O)N3)cc1. The van der Waals surface area contributed by atoms with Crippen molar-refractivity contribution < 1.29 is 14.3 Å². The number of methoxy groups -OCH3 is 1. The number of benzene rings is 2. The van der Waals surface area contributed by atoms with Gasteiger partial charge in [-0.1, -0.05) is 12.1 Å². The molecule has 5 nitrogen and oxygen atoms in total. The molecule has 0 aromatic heterocycles. The molecule has 2 N–H and O–H groups in total. The lowest BCUT2D eigenvalue weighted by Crippen LogP contribution is -2.23. The molecule has 2 amide bonds. The van der Waals surface area contributed by atoms with E-state index in [1.54, 1.807) is 19.2 Å². The Morgan fingerprint density at radius 3 is 2.71 bits per heavy atom. The lowest BCUT2D eigenvalue weighted by atomic mass is 10.0. The number of nitrogens with one attached hydrogen (secondary N) is 2. The highest BCUT2D eigenvalue weighted by atomic mass is 16.5. The zero-order valence-electron chi connectivity index (χ0n) is 13.6. The Kier molecular flexibility index (Phi) is 4.79. The van der Waals surface area contributed by atoms with Crippen molar-refractivity contribution in [1.82, 2.24) is 5.32 Å². The van der Waals surface area contributed by atoms with Gasteiger partial charge in [-0.25, -0.2) is 0 Å². The van der Waals surface area contributed by atoms with Crippen LogP contribution < -0.4 is 15.4 Å². The third-order valence-corrected chi connectivity index (χ3v) is 4.10. The maximum absolute atomic E-state index is 12.4. The first-order valence-electron chi connectivity index (χ1n) is 7.99. The molecule has 0 fully saturated rings. The Bertz CT molecular complexity index is 754. The largest absolute Gasteiger partial charge is 0.497 e. The second kappa shape index (κ2) is 7.17. The fourth-order valence-corrected chi connectivity index (χ4v) is 2.74. The van der Waals surface area contributed by atoms with Crippen molar-refractivity contribution in [2.75, 3.05) is 12.4 Å². The molecular formula is C19H20N2O3. The van der Waals surface area contributed by atoms with Gasteiger partial charge >= 0.3 is 0 Å². The van der Waals surface area contributed by atoms with E-state index in [9.17, 15) is 9.59 Å². The van der Waals surface area contributed by atoms with E-state index in [0.717, 1.165) is 35.4 Å². The highest BCUT2D eigenvalue weighted by Gasteiger charge is 2.15. The molecule has 1 aliphatic rings. The van der Waals surface area contributed by atoms with Crippen molar-refractivity contribution in [3.05, 3.63) is 59.2 Å². The Morgan fingerprint density at radius 1 is 1.17 bits per heavy atom. The van der Waals surface area contributed by atoms with Gasteiger partial charge < -0.3 is 15.4 Å². The molecule has 0 bridgehead atoms. The van der Waals surface area contributed by atoms with Gasteiger partial charge in [-0.2, -0.15) is 0 Å². The van der Waals surface area contributed by atoms with Crippen LogP contribution in [0.2, 0.25) is 0 Å². The molecule has 1 aliphatic heterocycles. The van der Waals surface area contributed by atoms with Crippen molar-refractivity contribution in [1.29, 1.82) is 0 Å². The highest BCUT2D eigenvalue weighted by molar-refractivity contribution is 5.97. The first-order chi connectivity index (χ1) is 11.7. The van der Waals surface area contributed by atoms with Crippen molar-refractivity contribution in [2.24, 2.45) is 0 Å². The van der Waals surface area contributed by atoms with Crippen LogP contribution in [0.3, 0.4) is 0 Å². The number of amides is 2. The number of carbonyl (C=O) groups is 2. The molecular weight excluding hydrogens is 304 g/mol. The quantitative estimate of drug-likeness (QED) is 0.909. The van der Waals surface area contributed by atoms with E-state index in [1.165, 1.54) is 0 Å². The summed E-state index contributed by atoms with van der Waals surface area (Å²) >= 11 is 0. The van der Waals surface area contributed by atoms with Crippen LogP contribution in [0.1, 0.15) is 34.3 Å². The monoisotopic (exact) mass is 324 g/mol. The van der Waals surface area contributed by atoms with Crippen LogP contribution in [-0.2, 0) is 17.8 Å². The maximum atomic E-state index is 12.4. The van der Waals surface area contributed by atoms with Crippen molar-refractivity contribution in [2.45, 2.75) is 25.8 Å². The summed E-state index contributed by atoms with van der Waals surface area (Å²) < 4.78 is 5.12. The second-order valence-electron chi connectivity index (χ2n) is 5.80. The van der Waals surface area contributed by atoms with Crippen LogP contribution in [0.25, 0.3) is 0 Å². The summed E-state index contributed by atoms with van der Waals surface area (Å²) in [5, 5.41) is 5.79. The molecule has 124 valence electrons. The van der Waals surface area contributed by atoms with Gasteiger partial charge in [0.15, 0.2) is 0 Å². The minimum absolute atomic E-state index is 0.0328. The van der Waals surface area contributed by atoms with Crippen molar-refractivity contribution in [3.8, 4) is 5.75 Å². The number of anilines is 1. The number of rotatable bonds is 4. The molecule has 0 saturated carbocycles. The summed E-state index contributed by atoms with van der Waals surface area (Å²) in [5.41, 5.74) is 3.44. The molecule has 0 atom stereocenters. The third kappa shape index (κ3) is 3.74. The van der Waals surface area contributed by atoms with Gasteiger partial charge in [-0.05, 0) is 54.3 Å². The molecule has 1 heterocycles. The number of ether oxygens (including phenoxy) is 1. The molecule has 0 spiro atoms. The zero-order chi connectivity index (χ0) is 16.9. The zero-order valence-corrected chi connectivity index (χ0v) is 13.6. The molecule has 0 aliphatic carbocycles. The maximum Gasteiger partial charge on any atom is 0.251 e. The van der Waals surface area contributed by atoms with Crippen LogP contribution >= 0.6 is 0 Å². The normalized spacial score (nSPS) is 13.5. The summed E-state index contributed by atoms with van der Waals surface area (Å²) in [6.45, 7) is 0.455. The fourth-order valence-electron chi connectivity index (χ4n) is 2.74. The van der Waals surface area contributed by atoms with E-state index in [-0.39, 0.29) is 11.8 Å². The van der Waals surface area contributed by atoms with Gasteiger partial charge in [-0.3, -0.25) is 9.59 Å². The molecule has 24 heavy (non-hydrogen) atoms. The summed E-state index contributed by atoms with van der Waals surface area (Å²) in [5.74, 6) is 0.701. The molecule has 2 aromatic rings. The number of hydrogen-bond acceptors (Lipinski definition) is 3. The Hall–Kier alpha value is -2.82. The van der Waals surface area contributed by atoms with E-state index >= 15 is 0 Å². The minimum atomic E-state index is -0.121.